The van der Waals surface area contributed by atoms with Crippen molar-refractivity contribution >= 4 is 21.6 Å². The van der Waals surface area contributed by atoms with Crippen molar-refractivity contribution in [2.45, 2.75) is 31.8 Å². The number of benzene rings is 2. The number of rotatable bonds is 3. The summed E-state index contributed by atoms with van der Waals surface area (Å²) in [6.45, 7) is 3.17. The molecule has 2 aromatic rings. The third-order valence-electron chi connectivity index (χ3n) is 4.19. The third-order valence-corrected chi connectivity index (χ3v) is 4.72. The number of anilines is 1. The molecule has 0 aliphatic carbocycles. The van der Waals surface area contributed by atoms with Crippen molar-refractivity contribution in [3.05, 3.63) is 64.1 Å². The van der Waals surface area contributed by atoms with E-state index in [9.17, 15) is 0 Å². The van der Waals surface area contributed by atoms with Crippen LogP contribution < -0.4 is 10.6 Å². The van der Waals surface area contributed by atoms with E-state index in [2.05, 4.69) is 76.3 Å². The summed E-state index contributed by atoms with van der Waals surface area (Å²) in [6.07, 6.45) is 2.36. The quantitative estimate of drug-likeness (QED) is 0.899. The van der Waals surface area contributed by atoms with Gasteiger partial charge in [0, 0.05) is 22.7 Å². The van der Waals surface area contributed by atoms with Crippen LogP contribution in [0.2, 0.25) is 0 Å². The highest BCUT2D eigenvalue weighted by molar-refractivity contribution is 9.10. The minimum absolute atomic E-state index is 0.0809. The Hall–Kier alpha value is -1.32. The molecule has 0 aromatic heterocycles. The van der Waals surface area contributed by atoms with Gasteiger partial charge in [-0.15, -0.1) is 0 Å². The van der Waals surface area contributed by atoms with Crippen LogP contribution in [0.5, 0.6) is 0 Å². The van der Waals surface area contributed by atoms with Crippen molar-refractivity contribution in [2.24, 2.45) is 5.73 Å². The first kappa shape index (κ1) is 14.6. The van der Waals surface area contributed by atoms with Crippen LogP contribution in [-0.4, -0.2) is 12.6 Å². The number of halogens is 1. The monoisotopic (exact) mass is 344 g/mol. The second-order valence-electron chi connectivity index (χ2n) is 5.78. The van der Waals surface area contributed by atoms with Gasteiger partial charge in [0.05, 0.1) is 6.04 Å². The lowest BCUT2D eigenvalue weighted by Gasteiger charge is -2.40. The van der Waals surface area contributed by atoms with Gasteiger partial charge < -0.3 is 10.6 Å². The molecule has 2 N–H and O–H groups in total. The molecule has 3 heteroatoms. The summed E-state index contributed by atoms with van der Waals surface area (Å²) in [4.78, 5) is 2.48. The van der Waals surface area contributed by atoms with Gasteiger partial charge in [0.15, 0.2) is 0 Å². The van der Waals surface area contributed by atoms with Crippen molar-refractivity contribution < 1.29 is 0 Å². The highest BCUT2D eigenvalue weighted by atomic mass is 79.9. The van der Waals surface area contributed by atoms with E-state index in [1.54, 1.807) is 0 Å². The number of nitrogens with two attached hydrogens (primary N) is 1. The van der Waals surface area contributed by atoms with Crippen LogP contribution >= 0.6 is 15.9 Å². The minimum Gasteiger partial charge on any atom is -0.363 e. The lowest BCUT2D eigenvalue weighted by Crippen LogP contribution is -2.42. The molecule has 1 heterocycles. The van der Waals surface area contributed by atoms with Crippen LogP contribution in [0.4, 0.5) is 5.69 Å². The molecule has 2 atom stereocenters. The lowest BCUT2D eigenvalue weighted by atomic mass is 9.94. The van der Waals surface area contributed by atoms with Gasteiger partial charge in [-0.3, -0.25) is 0 Å². The fraction of sp³-hybridized carbons (Fsp3) is 0.333. The maximum atomic E-state index is 6.34. The van der Waals surface area contributed by atoms with Crippen molar-refractivity contribution in [3.63, 3.8) is 0 Å². The second kappa shape index (κ2) is 6.20. The summed E-state index contributed by atoms with van der Waals surface area (Å²) in [5.74, 6) is 0. The summed E-state index contributed by atoms with van der Waals surface area (Å²) in [7, 11) is 0. The number of hydrogen-bond donors (Lipinski definition) is 1. The molecule has 0 saturated carbocycles. The highest BCUT2D eigenvalue weighted by Gasteiger charge is 2.27. The molecule has 2 aromatic carbocycles. The Morgan fingerprint density at radius 3 is 2.52 bits per heavy atom. The number of nitrogens with zero attached hydrogens (tertiary/aromatic N) is 1. The van der Waals surface area contributed by atoms with E-state index in [0.29, 0.717) is 0 Å². The van der Waals surface area contributed by atoms with Crippen LogP contribution in [0.1, 0.15) is 30.5 Å². The third kappa shape index (κ3) is 2.99. The zero-order chi connectivity index (χ0) is 14.8. The Morgan fingerprint density at radius 2 is 1.81 bits per heavy atom. The molecule has 2 nitrogen and oxygen atoms in total. The van der Waals surface area contributed by atoms with Gasteiger partial charge >= 0.3 is 0 Å². The molecule has 0 fully saturated rings. The Bertz CT molecular complexity index is 607. The fourth-order valence-corrected chi connectivity index (χ4v) is 3.54. The Balaban J connectivity index is 2.01. The molecule has 0 spiro atoms. The van der Waals surface area contributed by atoms with Gasteiger partial charge in [0.2, 0.25) is 0 Å². The first-order valence-corrected chi connectivity index (χ1v) is 8.31. The molecule has 0 radical (unpaired) electrons. The molecule has 0 saturated heterocycles. The Labute approximate surface area is 135 Å². The summed E-state index contributed by atoms with van der Waals surface area (Å²) >= 11 is 3.51. The van der Waals surface area contributed by atoms with Crippen LogP contribution in [0.15, 0.2) is 53.0 Å². The van der Waals surface area contributed by atoms with Crippen LogP contribution in [0.3, 0.4) is 0 Å². The summed E-state index contributed by atoms with van der Waals surface area (Å²) < 4.78 is 1.11. The molecule has 3 rings (SSSR count). The normalized spacial score (nSPS) is 17.2. The van der Waals surface area contributed by atoms with Crippen LogP contribution in [0, 0.1) is 0 Å². The van der Waals surface area contributed by atoms with E-state index in [1.807, 2.05) is 0 Å². The van der Waals surface area contributed by atoms with E-state index in [4.69, 9.17) is 5.73 Å². The van der Waals surface area contributed by atoms with Crippen molar-refractivity contribution in [3.8, 4) is 0 Å². The molecule has 1 aliphatic rings. The van der Waals surface area contributed by atoms with Crippen LogP contribution in [0.25, 0.3) is 0 Å². The number of para-hydroxylation sites is 1. The predicted molar refractivity (Wildman–Crippen MR) is 92.6 cm³/mol. The van der Waals surface area contributed by atoms with Gasteiger partial charge in [0.1, 0.15) is 0 Å². The topological polar surface area (TPSA) is 29.3 Å². The fourth-order valence-electron chi connectivity index (χ4n) is 3.28. The van der Waals surface area contributed by atoms with E-state index >= 15 is 0 Å². The molecule has 0 bridgehead atoms. The SMILES string of the molecule is CC(N)C(c1ccc(Br)cc1)N1CCCc2ccccc21. The molecule has 0 amide bonds. The molecule has 110 valence electrons. The maximum Gasteiger partial charge on any atom is 0.0690 e. The van der Waals surface area contributed by atoms with Crippen molar-refractivity contribution in [1.29, 1.82) is 0 Å². The molecule has 1 aliphatic heterocycles. The summed E-state index contributed by atoms with van der Waals surface area (Å²) in [5, 5.41) is 0. The van der Waals surface area contributed by atoms with Gasteiger partial charge in [0.25, 0.3) is 0 Å². The second-order valence-corrected chi connectivity index (χ2v) is 6.70. The van der Waals surface area contributed by atoms with Gasteiger partial charge in [-0.2, -0.15) is 0 Å². The minimum atomic E-state index is 0.0809. The molecular formula is C18H21BrN2. The molecule has 21 heavy (non-hydrogen) atoms. The molecular weight excluding hydrogens is 324 g/mol. The zero-order valence-electron chi connectivity index (χ0n) is 12.3. The Kier molecular flexibility index (Phi) is 4.32. The van der Waals surface area contributed by atoms with Gasteiger partial charge in [-0.05, 0) is 49.1 Å². The lowest BCUT2D eigenvalue weighted by molar-refractivity contribution is 0.510. The van der Waals surface area contributed by atoms with E-state index in [0.717, 1.165) is 11.0 Å². The van der Waals surface area contributed by atoms with E-state index < -0.39 is 0 Å². The number of fused-ring (bicyclic) bond motifs is 1. The van der Waals surface area contributed by atoms with E-state index in [-0.39, 0.29) is 12.1 Å². The van der Waals surface area contributed by atoms with Gasteiger partial charge in [-0.1, -0.05) is 46.3 Å². The zero-order valence-corrected chi connectivity index (χ0v) is 13.9. The largest absolute Gasteiger partial charge is 0.363 e. The first-order valence-electron chi connectivity index (χ1n) is 7.52. The van der Waals surface area contributed by atoms with Crippen molar-refractivity contribution in [1.82, 2.24) is 0 Å². The summed E-state index contributed by atoms with van der Waals surface area (Å²) in [6, 6.07) is 17.6. The van der Waals surface area contributed by atoms with Gasteiger partial charge in [-0.25, -0.2) is 0 Å². The van der Waals surface area contributed by atoms with Crippen LogP contribution in [-0.2, 0) is 6.42 Å². The maximum absolute atomic E-state index is 6.34. The smallest absolute Gasteiger partial charge is 0.0690 e. The first-order chi connectivity index (χ1) is 10.2. The Morgan fingerprint density at radius 1 is 1.10 bits per heavy atom. The average Bonchev–Trinajstić information content (AvgIpc) is 2.49. The summed E-state index contributed by atoms with van der Waals surface area (Å²) in [5.41, 5.74) is 10.4. The number of aryl methyl sites for hydroxylation is 1. The average molecular weight is 345 g/mol. The predicted octanol–water partition coefficient (Wildman–Crippen LogP) is 4.29. The number of hydrogen-bond acceptors (Lipinski definition) is 2. The van der Waals surface area contributed by atoms with E-state index in [1.165, 1.54) is 29.7 Å². The molecule has 2 unspecified atom stereocenters. The van der Waals surface area contributed by atoms with Crippen molar-refractivity contribution in [2.75, 3.05) is 11.4 Å². The highest BCUT2D eigenvalue weighted by Crippen LogP contribution is 2.35. The standard InChI is InChI=1S/C18H21BrN2/c1-13(20)18(15-8-10-16(19)11-9-15)21-12-4-6-14-5-2-3-7-17(14)21/h2-3,5,7-11,13,18H,4,6,12,20H2,1H3.